The monoisotopic (exact) mass is 211 g/mol. The highest BCUT2D eigenvalue weighted by atomic mass is 16.1. The minimum Gasteiger partial charge on any atom is -0.291 e. The highest BCUT2D eigenvalue weighted by Gasteiger charge is 2.08. The molecule has 0 N–H and O–H groups in total. The first kappa shape index (κ1) is 14.7. The normalized spacial score (nSPS) is 11.7. The summed E-state index contributed by atoms with van der Waals surface area (Å²) in [7, 11) is 0. The Morgan fingerprint density at radius 1 is 0.800 bits per heavy atom. The van der Waals surface area contributed by atoms with Gasteiger partial charge in [-0.2, -0.15) is 0 Å². The van der Waals surface area contributed by atoms with Gasteiger partial charge in [0.2, 0.25) is 0 Å². The van der Waals surface area contributed by atoms with Gasteiger partial charge in [0, 0.05) is 6.42 Å². The second-order valence-corrected chi connectivity index (χ2v) is 5.68. The molecule has 0 heterocycles. The van der Waals surface area contributed by atoms with Crippen LogP contribution in [0.25, 0.3) is 0 Å². The van der Waals surface area contributed by atoms with Crippen LogP contribution in [0.3, 0.4) is 0 Å². The van der Waals surface area contributed by atoms with Crippen LogP contribution in [-0.2, 0) is 4.79 Å². The fourth-order valence-corrected chi connectivity index (χ4v) is 1.74. The molecule has 89 valence electrons. The van der Waals surface area contributed by atoms with Crippen LogP contribution in [0.4, 0.5) is 0 Å². The molecule has 0 unspecified atom stereocenters. The Labute approximate surface area is 95.6 Å². The highest BCUT2D eigenvalue weighted by Crippen LogP contribution is 2.22. The topological polar surface area (TPSA) is 17.1 Å². The number of hydrogen-bond donors (Lipinski definition) is 0. The van der Waals surface area contributed by atoms with Crippen LogP contribution < -0.4 is 0 Å². The van der Waals surface area contributed by atoms with Gasteiger partial charge in [0.1, 0.15) is 0 Å². The van der Waals surface area contributed by atoms with Gasteiger partial charge in [-0.15, -0.1) is 0 Å². The molecule has 0 fully saturated rings. The molecule has 0 aromatic carbocycles. The van der Waals surface area contributed by atoms with E-state index in [4.69, 9.17) is 0 Å². The van der Waals surface area contributed by atoms with Gasteiger partial charge in [0.25, 0.3) is 0 Å². The van der Waals surface area contributed by atoms with Crippen molar-refractivity contribution in [2.45, 2.75) is 78.6 Å². The first-order chi connectivity index (χ1) is 7.06. The van der Waals surface area contributed by atoms with E-state index in [0.29, 0.717) is 11.8 Å². The second-order valence-electron chi connectivity index (χ2n) is 5.68. The van der Waals surface area contributed by atoms with Crippen molar-refractivity contribution in [3.63, 3.8) is 0 Å². The Morgan fingerprint density at radius 3 is 1.73 bits per heavy atom. The molecule has 0 aromatic rings. The molecule has 1 heteroatoms. The zero-order valence-corrected chi connectivity index (χ0v) is 10.8. The third-order valence-corrected chi connectivity index (χ3v) is 2.71. The maximum atomic E-state index is 9.95. The van der Waals surface area contributed by atoms with Crippen molar-refractivity contribution < 1.29 is 4.79 Å². The van der Waals surface area contributed by atoms with Crippen LogP contribution in [-0.4, -0.2) is 6.29 Å². The summed E-state index contributed by atoms with van der Waals surface area (Å²) in [6.45, 7) is 6.93. The predicted octanol–water partition coefficient (Wildman–Crippen LogP) is 4.65. The van der Waals surface area contributed by atoms with Crippen LogP contribution in [0.5, 0.6) is 0 Å². The zero-order chi connectivity index (χ0) is 11.6. The van der Waals surface area contributed by atoms with Crippen LogP contribution in [0.2, 0.25) is 0 Å². The van der Waals surface area contributed by atoms with Gasteiger partial charge in [-0.1, -0.05) is 59.3 Å². The van der Waals surface area contributed by atoms with E-state index in [-0.39, 0.29) is 0 Å². The average Bonchev–Trinajstić information content (AvgIpc) is 2.14. The summed E-state index contributed by atoms with van der Waals surface area (Å²) < 4.78 is 0. The molecule has 0 atom stereocenters. The Bertz CT molecular complexity index is 144. The lowest BCUT2D eigenvalue weighted by molar-refractivity contribution is 0.356. The quantitative estimate of drug-likeness (QED) is 0.507. The van der Waals surface area contributed by atoms with Gasteiger partial charge in [0.15, 0.2) is 6.29 Å². The van der Waals surface area contributed by atoms with E-state index in [2.05, 4.69) is 20.8 Å². The van der Waals surface area contributed by atoms with Gasteiger partial charge < -0.3 is 0 Å². The lowest BCUT2D eigenvalue weighted by Gasteiger charge is -2.17. The average molecular weight is 211 g/mol. The van der Waals surface area contributed by atoms with Gasteiger partial charge in [-0.3, -0.25) is 4.79 Å². The Morgan fingerprint density at radius 2 is 1.27 bits per heavy atom. The standard InChI is InChI=1S/C14H27O/c1-14(2,3)12-10-8-6-4-5-7-9-11-13-15/h4-12H2,1-3H3. The molecule has 0 aliphatic rings. The molecule has 0 saturated heterocycles. The van der Waals surface area contributed by atoms with E-state index < -0.39 is 0 Å². The molecule has 0 amide bonds. The van der Waals surface area contributed by atoms with Crippen LogP contribution in [0, 0.1) is 5.41 Å². The summed E-state index contributed by atoms with van der Waals surface area (Å²) in [5, 5.41) is 0. The van der Waals surface area contributed by atoms with Crippen molar-refractivity contribution in [1.82, 2.24) is 0 Å². The third-order valence-electron chi connectivity index (χ3n) is 2.71. The van der Waals surface area contributed by atoms with Gasteiger partial charge in [-0.05, 0) is 18.3 Å². The third kappa shape index (κ3) is 13.7. The maximum Gasteiger partial charge on any atom is 0.198 e. The van der Waals surface area contributed by atoms with Crippen molar-refractivity contribution in [3.05, 3.63) is 0 Å². The molecular weight excluding hydrogens is 184 g/mol. The predicted molar refractivity (Wildman–Crippen MR) is 66.7 cm³/mol. The molecule has 0 aromatic heterocycles. The van der Waals surface area contributed by atoms with Crippen molar-refractivity contribution >= 4 is 6.29 Å². The molecule has 1 radical (unpaired) electrons. The summed E-state index contributed by atoms with van der Waals surface area (Å²) in [6.07, 6.45) is 12.9. The summed E-state index contributed by atoms with van der Waals surface area (Å²) in [4.78, 5) is 9.95. The fraction of sp³-hybridized carbons (Fsp3) is 0.929. The summed E-state index contributed by atoms with van der Waals surface area (Å²) in [5.74, 6) is 0. The van der Waals surface area contributed by atoms with Crippen LogP contribution in [0.15, 0.2) is 0 Å². The second kappa shape index (κ2) is 8.94. The smallest absolute Gasteiger partial charge is 0.198 e. The maximum absolute atomic E-state index is 9.95. The molecule has 15 heavy (non-hydrogen) atoms. The Balaban J connectivity index is 3.02. The summed E-state index contributed by atoms with van der Waals surface area (Å²) in [6, 6.07) is 0. The molecular formula is C14H27O. The first-order valence-electron chi connectivity index (χ1n) is 6.41. The van der Waals surface area contributed by atoms with Gasteiger partial charge >= 0.3 is 0 Å². The number of unbranched alkanes of at least 4 members (excludes halogenated alkanes) is 7. The molecule has 0 bridgehead atoms. The van der Waals surface area contributed by atoms with Crippen molar-refractivity contribution in [2.75, 3.05) is 0 Å². The van der Waals surface area contributed by atoms with E-state index in [9.17, 15) is 4.79 Å². The highest BCUT2D eigenvalue weighted by molar-refractivity contribution is 5.50. The van der Waals surface area contributed by atoms with E-state index in [1.54, 1.807) is 0 Å². The lowest BCUT2D eigenvalue weighted by atomic mass is 9.89. The summed E-state index contributed by atoms with van der Waals surface area (Å²) in [5.41, 5.74) is 0.500. The Kier molecular flexibility index (Phi) is 8.74. The van der Waals surface area contributed by atoms with E-state index >= 15 is 0 Å². The van der Waals surface area contributed by atoms with Gasteiger partial charge in [-0.25, -0.2) is 0 Å². The minimum absolute atomic E-state index is 0.500. The minimum atomic E-state index is 0.500. The van der Waals surface area contributed by atoms with Crippen molar-refractivity contribution in [2.24, 2.45) is 5.41 Å². The Hall–Kier alpha value is -0.330. The van der Waals surface area contributed by atoms with E-state index in [0.717, 1.165) is 6.42 Å². The largest absolute Gasteiger partial charge is 0.291 e. The van der Waals surface area contributed by atoms with Crippen molar-refractivity contribution in [1.29, 1.82) is 0 Å². The van der Waals surface area contributed by atoms with E-state index in [1.807, 2.05) is 6.29 Å². The molecule has 0 saturated carbocycles. The number of hydrogen-bond acceptors (Lipinski definition) is 1. The van der Waals surface area contributed by atoms with Gasteiger partial charge in [0.05, 0.1) is 0 Å². The fourth-order valence-electron chi connectivity index (χ4n) is 1.74. The molecule has 1 nitrogen and oxygen atoms in total. The molecule has 0 rings (SSSR count). The number of carbonyl (C=O) groups excluding carboxylic acids is 1. The zero-order valence-electron chi connectivity index (χ0n) is 10.8. The van der Waals surface area contributed by atoms with Crippen LogP contribution in [0.1, 0.15) is 78.6 Å². The molecule has 0 aliphatic carbocycles. The molecule has 0 spiro atoms. The lowest BCUT2D eigenvalue weighted by Crippen LogP contribution is -2.03. The first-order valence-corrected chi connectivity index (χ1v) is 6.41. The SMILES string of the molecule is CC(C)(C)CCCCCCCCC[C]=O. The number of rotatable bonds is 9. The summed E-state index contributed by atoms with van der Waals surface area (Å²) >= 11 is 0. The van der Waals surface area contributed by atoms with E-state index in [1.165, 1.54) is 44.9 Å². The molecule has 0 aliphatic heterocycles. The van der Waals surface area contributed by atoms with Crippen molar-refractivity contribution in [3.8, 4) is 0 Å². The van der Waals surface area contributed by atoms with Crippen LogP contribution >= 0.6 is 0 Å².